The van der Waals surface area contributed by atoms with Gasteiger partial charge < -0.3 is 19.3 Å². The summed E-state index contributed by atoms with van der Waals surface area (Å²) >= 11 is 0. The van der Waals surface area contributed by atoms with Gasteiger partial charge in [0.15, 0.2) is 0 Å². The second kappa shape index (κ2) is 7.92. The lowest BCUT2D eigenvalue weighted by Gasteiger charge is -2.43. The molecule has 4 rings (SSSR count). The third-order valence-electron chi connectivity index (χ3n) is 5.78. The van der Waals surface area contributed by atoms with Crippen molar-refractivity contribution in [3.05, 3.63) is 24.3 Å². The first-order chi connectivity index (χ1) is 13.9. The SMILES string of the molecule is COc1cccc(S(=O)(=O)N2CC(N3CC(C(=O)N4CCOCC4)CC3=O)C2)c1. The van der Waals surface area contributed by atoms with E-state index in [9.17, 15) is 18.0 Å². The van der Waals surface area contributed by atoms with Gasteiger partial charge >= 0.3 is 0 Å². The van der Waals surface area contributed by atoms with Crippen LogP contribution in [0.5, 0.6) is 5.75 Å². The molecule has 1 aromatic carbocycles. The van der Waals surface area contributed by atoms with Crippen LogP contribution in [0.3, 0.4) is 0 Å². The van der Waals surface area contributed by atoms with Crippen molar-refractivity contribution in [1.82, 2.24) is 14.1 Å². The highest BCUT2D eigenvalue weighted by atomic mass is 32.2. The van der Waals surface area contributed by atoms with Crippen LogP contribution in [-0.4, -0.2) is 93.4 Å². The van der Waals surface area contributed by atoms with Gasteiger partial charge in [-0.25, -0.2) is 8.42 Å². The Balaban J connectivity index is 1.37. The molecule has 0 saturated carbocycles. The van der Waals surface area contributed by atoms with Gasteiger partial charge in [0, 0.05) is 45.2 Å². The number of carbonyl (C=O) groups is 2. The molecule has 0 bridgehead atoms. The minimum Gasteiger partial charge on any atom is -0.497 e. The van der Waals surface area contributed by atoms with Gasteiger partial charge in [0.05, 0.1) is 37.2 Å². The minimum atomic E-state index is -3.64. The van der Waals surface area contributed by atoms with Crippen molar-refractivity contribution < 1.29 is 27.5 Å². The van der Waals surface area contributed by atoms with Crippen LogP contribution in [0.4, 0.5) is 0 Å². The fourth-order valence-corrected chi connectivity index (χ4v) is 5.56. The molecule has 10 heteroatoms. The zero-order chi connectivity index (χ0) is 20.6. The molecule has 29 heavy (non-hydrogen) atoms. The first-order valence-corrected chi connectivity index (χ1v) is 11.1. The van der Waals surface area contributed by atoms with Gasteiger partial charge in [-0.3, -0.25) is 9.59 Å². The Morgan fingerprint density at radius 1 is 1.17 bits per heavy atom. The second-order valence-corrected chi connectivity index (χ2v) is 9.48. The molecule has 1 atom stereocenters. The van der Waals surface area contributed by atoms with Crippen LogP contribution < -0.4 is 4.74 Å². The monoisotopic (exact) mass is 423 g/mol. The third-order valence-corrected chi connectivity index (χ3v) is 7.61. The predicted octanol–water partition coefficient (Wildman–Crippen LogP) is -0.225. The summed E-state index contributed by atoms with van der Waals surface area (Å²) in [6.07, 6.45) is 0.190. The lowest BCUT2D eigenvalue weighted by atomic mass is 10.1. The largest absolute Gasteiger partial charge is 0.497 e. The van der Waals surface area contributed by atoms with E-state index in [1.54, 1.807) is 21.9 Å². The number of amides is 2. The highest BCUT2D eigenvalue weighted by Gasteiger charge is 2.46. The number of sulfonamides is 1. The maximum atomic E-state index is 12.8. The van der Waals surface area contributed by atoms with E-state index in [-0.39, 0.29) is 48.2 Å². The molecular formula is C19H25N3O6S. The van der Waals surface area contributed by atoms with Crippen molar-refractivity contribution >= 4 is 21.8 Å². The zero-order valence-electron chi connectivity index (χ0n) is 16.3. The number of rotatable bonds is 5. The normalized spacial score (nSPS) is 23.9. The van der Waals surface area contributed by atoms with Crippen LogP contribution in [0.15, 0.2) is 29.2 Å². The minimum absolute atomic E-state index is 0.00988. The Morgan fingerprint density at radius 2 is 1.90 bits per heavy atom. The standard InChI is InChI=1S/C19H25N3O6S/c1-27-16-3-2-4-17(10-16)29(25,26)21-12-15(13-21)22-11-14(9-18(22)23)19(24)20-5-7-28-8-6-20/h2-4,10,14-15H,5-9,11-13H2,1H3. The molecule has 2 amide bonds. The fraction of sp³-hybridized carbons (Fsp3) is 0.579. The van der Waals surface area contributed by atoms with Crippen LogP contribution in [0.1, 0.15) is 6.42 Å². The molecule has 158 valence electrons. The topological polar surface area (TPSA) is 96.5 Å². The molecule has 9 nitrogen and oxygen atoms in total. The van der Waals surface area contributed by atoms with Crippen molar-refractivity contribution in [3.63, 3.8) is 0 Å². The van der Waals surface area contributed by atoms with Gasteiger partial charge in [-0.2, -0.15) is 4.31 Å². The quantitative estimate of drug-likeness (QED) is 0.650. The fourth-order valence-electron chi connectivity index (χ4n) is 4.01. The Bertz CT molecular complexity index is 893. The Labute approximate surface area is 170 Å². The van der Waals surface area contributed by atoms with Gasteiger partial charge in [-0.1, -0.05) is 6.07 Å². The van der Waals surface area contributed by atoms with E-state index in [0.29, 0.717) is 38.6 Å². The molecule has 0 radical (unpaired) electrons. The summed E-state index contributed by atoms with van der Waals surface area (Å²) in [6.45, 7) is 2.99. The predicted molar refractivity (Wildman–Crippen MR) is 103 cm³/mol. The molecule has 3 fully saturated rings. The van der Waals surface area contributed by atoms with E-state index in [1.807, 2.05) is 0 Å². The van der Waals surface area contributed by atoms with E-state index >= 15 is 0 Å². The van der Waals surface area contributed by atoms with Gasteiger partial charge in [0.1, 0.15) is 5.75 Å². The number of hydrogen-bond donors (Lipinski definition) is 0. The van der Waals surface area contributed by atoms with Gasteiger partial charge in [-0.05, 0) is 12.1 Å². The molecule has 0 N–H and O–H groups in total. The first kappa shape index (κ1) is 20.1. The van der Waals surface area contributed by atoms with E-state index in [1.165, 1.54) is 23.5 Å². The van der Waals surface area contributed by atoms with Crippen LogP contribution in [0, 0.1) is 5.92 Å². The highest BCUT2D eigenvalue weighted by molar-refractivity contribution is 7.89. The molecule has 3 aliphatic heterocycles. The molecule has 0 spiro atoms. The van der Waals surface area contributed by atoms with E-state index in [2.05, 4.69) is 0 Å². The molecular weight excluding hydrogens is 398 g/mol. The van der Waals surface area contributed by atoms with E-state index in [4.69, 9.17) is 9.47 Å². The molecule has 1 aromatic rings. The molecule has 1 unspecified atom stereocenters. The van der Waals surface area contributed by atoms with Crippen molar-refractivity contribution in [2.45, 2.75) is 17.4 Å². The summed E-state index contributed by atoms with van der Waals surface area (Å²) in [7, 11) is -2.15. The summed E-state index contributed by atoms with van der Waals surface area (Å²) in [4.78, 5) is 28.7. The maximum Gasteiger partial charge on any atom is 0.243 e. The molecule has 3 heterocycles. The number of methoxy groups -OCH3 is 1. The Morgan fingerprint density at radius 3 is 2.59 bits per heavy atom. The number of ether oxygens (including phenoxy) is 2. The lowest BCUT2D eigenvalue weighted by Crippen LogP contribution is -2.61. The second-order valence-electron chi connectivity index (χ2n) is 7.54. The number of hydrogen-bond acceptors (Lipinski definition) is 6. The van der Waals surface area contributed by atoms with Gasteiger partial charge in [0.25, 0.3) is 0 Å². The van der Waals surface area contributed by atoms with Crippen LogP contribution in [-0.2, 0) is 24.3 Å². The maximum absolute atomic E-state index is 12.8. The Hall–Kier alpha value is -2.17. The molecule has 0 aliphatic carbocycles. The smallest absolute Gasteiger partial charge is 0.243 e. The highest BCUT2D eigenvalue weighted by Crippen LogP contribution is 2.30. The number of nitrogens with zero attached hydrogens (tertiary/aromatic N) is 3. The molecule has 3 aliphatic rings. The van der Waals surface area contributed by atoms with Gasteiger partial charge in [0.2, 0.25) is 21.8 Å². The molecule has 0 aromatic heterocycles. The van der Waals surface area contributed by atoms with Crippen molar-refractivity contribution in [2.75, 3.05) is 53.0 Å². The molecule has 3 saturated heterocycles. The summed E-state index contributed by atoms with van der Waals surface area (Å²) in [5, 5.41) is 0. The summed E-state index contributed by atoms with van der Waals surface area (Å²) in [5.41, 5.74) is 0. The Kier molecular flexibility index (Phi) is 5.50. The lowest BCUT2D eigenvalue weighted by molar-refractivity contribution is -0.139. The van der Waals surface area contributed by atoms with Crippen LogP contribution in [0.25, 0.3) is 0 Å². The van der Waals surface area contributed by atoms with Gasteiger partial charge in [-0.15, -0.1) is 0 Å². The summed E-state index contributed by atoms with van der Waals surface area (Å²) < 4.78 is 37.3. The van der Waals surface area contributed by atoms with Crippen molar-refractivity contribution in [3.8, 4) is 5.75 Å². The number of carbonyl (C=O) groups excluding carboxylic acids is 2. The zero-order valence-corrected chi connectivity index (χ0v) is 17.1. The van der Waals surface area contributed by atoms with Crippen molar-refractivity contribution in [1.29, 1.82) is 0 Å². The van der Waals surface area contributed by atoms with Crippen LogP contribution in [0.2, 0.25) is 0 Å². The van der Waals surface area contributed by atoms with Crippen LogP contribution >= 0.6 is 0 Å². The third kappa shape index (κ3) is 3.84. The number of likely N-dealkylation sites (tertiary alicyclic amines) is 1. The average Bonchev–Trinajstić information content (AvgIpc) is 3.08. The van der Waals surface area contributed by atoms with E-state index in [0.717, 1.165) is 0 Å². The summed E-state index contributed by atoms with van der Waals surface area (Å²) in [5.74, 6) is 0.0244. The average molecular weight is 423 g/mol. The first-order valence-electron chi connectivity index (χ1n) is 9.70. The number of morpholine rings is 1. The van der Waals surface area contributed by atoms with Crippen molar-refractivity contribution in [2.24, 2.45) is 5.92 Å². The number of benzene rings is 1. The summed E-state index contributed by atoms with van der Waals surface area (Å²) in [6, 6.07) is 6.15. The van der Waals surface area contributed by atoms with E-state index < -0.39 is 10.0 Å².